The molecular weight excluding hydrogens is 188 g/mol. The Labute approximate surface area is 94.0 Å². The summed E-state index contributed by atoms with van der Waals surface area (Å²) in [6.45, 7) is 9.77. The average molecular weight is 214 g/mol. The van der Waals surface area contributed by atoms with Crippen molar-refractivity contribution < 1.29 is 4.79 Å². The molecule has 1 unspecified atom stereocenters. The van der Waals surface area contributed by atoms with Crippen molar-refractivity contribution in [1.29, 1.82) is 0 Å². The van der Waals surface area contributed by atoms with Crippen molar-refractivity contribution >= 4 is 5.91 Å². The molecule has 0 saturated carbocycles. The van der Waals surface area contributed by atoms with E-state index in [1.807, 2.05) is 13.8 Å². The van der Waals surface area contributed by atoms with Crippen molar-refractivity contribution in [2.75, 3.05) is 13.1 Å². The van der Waals surface area contributed by atoms with Crippen molar-refractivity contribution in [3.63, 3.8) is 0 Å². The third-order valence-electron chi connectivity index (χ3n) is 2.56. The van der Waals surface area contributed by atoms with Gasteiger partial charge in [-0.3, -0.25) is 4.79 Å². The molecule has 0 aromatic carbocycles. The van der Waals surface area contributed by atoms with Gasteiger partial charge in [-0.15, -0.1) is 0 Å². The molecule has 0 radical (unpaired) electrons. The highest BCUT2D eigenvalue weighted by Crippen LogP contribution is 2.07. The van der Waals surface area contributed by atoms with E-state index < -0.39 is 0 Å². The highest BCUT2D eigenvalue weighted by atomic mass is 16.1. The summed E-state index contributed by atoms with van der Waals surface area (Å²) in [4.78, 5) is 11.3. The predicted molar refractivity (Wildman–Crippen MR) is 64.8 cm³/mol. The quantitative estimate of drug-likeness (QED) is 0.606. The maximum absolute atomic E-state index is 11.3. The summed E-state index contributed by atoms with van der Waals surface area (Å²) in [5.74, 6) is 0.878. The molecule has 0 aliphatic rings. The van der Waals surface area contributed by atoms with Crippen LogP contribution in [-0.4, -0.2) is 25.0 Å². The van der Waals surface area contributed by atoms with Crippen LogP contribution >= 0.6 is 0 Å². The first-order valence-electron chi connectivity index (χ1n) is 6.06. The van der Waals surface area contributed by atoms with Gasteiger partial charge in [0.2, 0.25) is 5.91 Å². The summed E-state index contributed by atoms with van der Waals surface area (Å²) in [6, 6.07) is 0.371. The summed E-state index contributed by atoms with van der Waals surface area (Å²) in [5.41, 5.74) is 0. The Morgan fingerprint density at radius 2 is 1.93 bits per heavy atom. The predicted octanol–water partition coefficient (Wildman–Crippen LogP) is 1.93. The third kappa shape index (κ3) is 9.73. The molecule has 0 fully saturated rings. The van der Waals surface area contributed by atoms with Crippen LogP contribution in [0, 0.1) is 5.92 Å². The van der Waals surface area contributed by atoms with Crippen molar-refractivity contribution in [2.45, 2.75) is 53.0 Å². The molecule has 0 spiro atoms. The van der Waals surface area contributed by atoms with Gasteiger partial charge in [0.1, 0.15) is 0 Å². The summed E-state index contributed by atoms with van der Waals surface area (Å²) >= 11 is 0. The van der Waals surface area contributed by atoms with Crippen LogP contribution in [0.4, 0.5) is 0 Å². The molecule has 1 amide bonds. The number of hydrogen-bond acceptors (Lipinski definition) is 2. The molecule has 0 bridgehead atoms. The number of rotatable bonds is 8. The Bertz CT molecular complexity index is 169. The Hall–Kier alpha value is -0.570. The van der Waals surface area contributed by atoms with E-state index in [-0.39, 0.29) is 5.91 Å². The molecule has 2 N–H and O–H groups in total. The SMILES string of the molecule is CCC(C)CCCNC(=O)CNC(C)C. The van der Waals surface area contributed by atoms with Crippen LogP contribution in [0.5, 0.6) is 0 Å². The molecule has 3 heteroatoms. The second-order valence-corrected chi connectivity index (χ2v) is 4.54. The molecule has 0 aliphatic heterocycles. The van der Waals surface area contributed by atoms with Gasteiger partial charge >= 0.3 is 0 Å². The van der Waals surface area contributed by atoms with Crippen molar-refractivity contribution in [3.05, 3.63) is 0 Å². The van der Waals surface area contributed by atoms with Gasteiger partial charge in [-0.05, 0) is 18.8 Å². The molecule has 0 rings (SSSR count). The number of nitrogens with one attached hydrogen (secondary N) is 2. The zero-order valence-electron chi connectivity index (χ0n) is 10.6. The van der Waals surface area contributed by atoms with E-state index in [1.165, 1.54) is 12.8 Å². The van der Waals surface area contributed by atoms with Gasteiger partial charge < -0.3 is 10.6 Å². The zero-order chi connectivity index (χ0) is 11.7. The van der Waals surface area contributed by atoms with Crippen LogP contribution in [0.15, 0.2) is 0 Å². The maximum atomic E-state index is 11.3. The van der Waals surface area contributed by atoms with E-state index in [0.717, 1.165) is 18.9 Å². The Kier molecular flexibility index (Phi) is 8.38. The first-order valence-corrected chi connectivity index (χ1v) is 6.06. The zero-order valence-corrected chi connectivity index (χ0v) is 10.6. The summed E-state index contributed by atoms with van der Waals surface area (Å²) < 4.78 is 0. The minimum Gasteiger partial charge on any atom is -0.355 e. The van der Waals surface area contributed by atoms with Crippen LogP contribution in [0.3, 0.4) is 0 Å². The third-order valence-corrected chi connectivity index (χ3v) is 2.56. The maximum Gasteiger partial charge on any atom is 0.233 e. The van der Waals surface area contributed by atoms with Gasteiger partial charge in [0, 0.05) is 12.6 Å². The van der Waals surface area contributed by atoms with Crippen LogP contribution in [0.1, 0.15) is 47.0 Å². The molecule has 0 aromatic heterocycles. The molecule has 90 valence electrons. The topological polar surface area (TPSA) is 41.1 Å². The monoisotopic (exact) mass is 214 g/mol. The fraction of sp³-hybridized carbons (Fsp3) is 0.917. The molecule has 0 aromatic rings. The number of amides is 1. The second kappa shape index (κ2) is 8.72. The van der Waals surface area contributed by atoms with Gasteiger partial charge in [-0.2, -0.15) is 0 Å². The first-order chi connectivity index (χ1) is 7.06. The lowest BCUT2D eigenvalue weighted by molar-refractivity contribution is -0.120. The van der Waals surface area contributed by atoms with Gasteiger partial charge in [0.25, 0.3) is 0 Å². The first kappa shape index (κ1) is 14.4. The molecule has 3 nitrogen and oxygen atoms in total. The van der Waals surface area contributed by atoms with Crippen molar-refractivity contribution in [1.82, 2.24) is 10.6 Å². The van der Waals surface area contributed by atoms with E-state index in [9.17, 15) is 4.79 Å². The summed E-state index contributed by atoms with van der Waals surface area (Å²) in [5, 5.41) is 6.01. The Morgan fingerprint density at radius 3 is 2.47 bits per heavy atom. The van der Waals surface area contributed by atoms with Crippen LogP contribution in [0.2, 0.25) is 0 Å². The molecule has 15 heavy (non-hydrogen) atoms. The largest absolute Gasteiger partial charge is 0.355 e. The molecule has 1 atom stereocenters. The van der Waals surface area contributed by atoms with E-state index in [0.29, 0.717) is 12.6 Å². The van der Waals surface area contributed by atoms with Gasteiger partial charge in [-0.25, -0.2) is 0 Å². The van der Waals surface area contributed by atoms with Gasteiger partial charge in [0.15, 0.2) is 0 Å². The van der Waals surface area contributed by atoms with E-state index in [1.54, 1.807) is 0 Å². The summed E-state index contributed by atoms with van der Waals surface area (Å²) in [7, 11) is 0. The molecule has 0 heterocycles. The fourth-order valence-corrected chi connectivity index (χ4v) is 1.24. The van der Waals surface area contributed by atoms with E-state index in [2.05, 4.69) is 24.5 Å². The molecule has 0 aliphatic carbocycles. The Balaban J connectivity index is 3.31. The second-order valence-electron chi connectivity index (χ2n) is 4.54. The number of hydrogen-bond donors (Lipinski definition) is 2. The normalized spacial score (nSPS) is 12.9. The van der Waals surface area contributed by atoms with Gasteiger partial charge in [-0.1, -0.05) is 34.1 Å². The highest BCUT2D eigenvalue weighted by molar-refractivity contribution is 5.77. The lowest BCUT2D eigenvalue weighted by Gasteiger charge is -2.10. The lowest BCUT2D eigenvalue weighted by atomic mass is 10.0. The minimum atomic E-state index is 0.104. The van der Waals surface area contributed by atoms with E-state index >= 15 is 0 Å². The number of carbonyl (C=O) groups is 1. The molecular formula is C12H26N2O. The van der Waals surface area contributed by atoms with Crippen LogP contribution in [0.25, 0.3) is 0 Å². The number of carbonyl (C=O) groups excluding carboxylic acids is 1. The average Bonchev–Trinajstić information content (AvgIpc) is 2.21. The van der Waals surface area contributed by atoms with Gasteiger partial charge in [0.05, 0.1) is 6.54 Å². The summed E-state index contributed by atoms with van der Waals surface area (Å²) in [6.07, 6.45) is 3.51. The van der Waals surface area contributed by atoms with Crippen LogP contribution < -0.4 is 10.6 Å². The fourth-order valence-electron chi connectivity index (χ4n) is 1.24. The highest BCUT2D eigenvalue weighted by Gasteiger charge is 2.02. The van der Waals surface area contributed by atoms with Crippen molar-refractivity contribution in [2.24, 2.45) is 5.92 Å². The van der Waals surface area contributed by atoms with Crippen molar-refractivity contribution in [3.8, 4) is 0 Å². The van der Waals surface area contributed by atoms with Crippen LogP contribution in [-0.2, 0) is 4.79 Å². The standard InChI is InChI=1S/C12H26N2O/c1-5-11(4)7-6-8-13-12(15)9-14-10(2)3/h10-11,14H,5-9H2,1-4H3,(H,13,15). The lowest BCUT2D eigenvalue weighted by Crippen LogP contribution is -2.37. The minimum absolute atomic E-state index is 0.104. The van der Waals surface area contributed by atoms with E-state index in [4.69, 9.17) is 0 Å². The Morgan fingerprint density at radius 1 is 1.27 bits per heavy atom. The molecule has 0 saturated heterocycles. The smallest absolute Gasteiger partial charge is 0.233 e.